The summed E-state index contributed by atoms with van der Waals surface area (Å²) >= 11 is 0. The fourth-order valence-electron chi connectivity index (χ4n) is 4.33. The maximum absolute atomic E-state index is 13.1. The predicted octanol–water partition coefficient (Wildman–Crippen LogP) is 1.91. The standard InChI is InChI=1S/C20H26N6O4/c1-2-17(25-10-3-5-18(25)27)19(28)23-8-4-9-24(12-11-23)20-21-15-7-6-14(26(29)30)13-16(15)22-20/h6-7,13,17H,2-5,8-12H2,1H3,(H,21,22). The van der Waals surface area contributed by atoms with Crippen LogP contribution in [0, 0.1) is 10.1 Å². The summed E-state index contributed by atoms with van der Waals surface area (Å²) in [4.78, 5) is 49.2. The van der Waals surface area contributed by atoms with E-state index in [9.17, 15) is 19.7 Å². The van der Waals surface area contributed by atoms with E-state index in [1.807, 2.05) is 11.8 Å². The number of amides is 2. The van der Waals surface area contributed by atoms with Gasteiger partial charge in [-0.25, -0.2) is 4.98 Å². The van der Waals surface area contributed by atoms with Gasteiger partial charge in [-0.2, -0.15) is 0 Å². The summed E-state index contributed by atoms with van der Waals surface area (Å²) in [5.74, 6) is 0.749. The molecule has 1 N–H and O–H groups in total. The minimum Gasteiger partial charge on any atom is -0.341 e. The van der Waals surface area contributed by atoms with Crippen LogP contribution in [0.2, 0.25) is 0 Å². The molecule has 0 spiro atoms. The van der Waals surface area contributed by atoms with Crippen molar-refractivity contribution in [2.75, 3.05) is 37.6 Å². The molecule has 2 amide bonds. The van der Waals surface area contributed by atoms with Crippen molar-refractivity contribution in [3.8, 4) is 0 Å². The van der Waals surface area contributed by atoms with E-state index in [0.29, 0.717) is 56.0 Å². The van der Waals surface area contributed by atoms with Crippen LogP contribution in [0.5, 0.6) is 0 Å². The second kappa shape index (κ2) is 8.29. The van der Waals surface area contributed by atoms with Crippen LogP contribution >= 0.6 is 0 Å². The number of nitrogens with zero attached hydrogens (tertiary/aromatic N) is 5. The van der Waals surface area contributed by atoms with E-state index in [1.54, 1.807) is 11.0 Å². The molecule has 1 aromatic heterocycles. The lowest BCUT2D eigenvalue weighted by Gasteiger charge is -2.31. The molecule has 1 aromatic carbocycles. The van der Waals surface area contributed by atoms with Gasteiger partial charge in [-0.15, -0.1) is 0 Å². The second-order valence-electron chi connectivity index (χ2n) is 7.80. The molecule has 10 nitrogen and oxygen atoms in total. The number of aromatic nitrogens is 2. The molecule has 30 heavy (non-hydrogen) atoms. The number of carbonyl (C=O) groups excluding carboxylic acids is 2. The molecule has 0 saturated carbocycles. The molecule has 4 rings (SSSR count). The van der Waals surface area contributed by atoms with E-state index in [0.717, 1.165) is 19.4 Å². The summed E-state index contributed by atoms with van der Waals surface area (Å²) in [7, 11) is 0. The molecule has 2 aliphatic rings. The van der Waals surface area contributed by atoms with Crippen LogP contribution in [0.1, 0.15) is 32.6 Å². The van der Waals surface area contributed by atoms with Gasteiger partial charge in [0, 0.05) is 51.3 Å². The van der Waals surface area contributed by atoms with Gasteiger partial charge in [0.1, 0.15) is 6.04 Å². The minimum atomic E-state index is -0.426. The van der Waals surface area contributed by atoms with Gasteiger partial charge < -0.3 is 19.7 Å². The quantitative estimate of drug-likeness (QED) is 0.590. The number of carbonyl (C=O) groups is 2. The van der Waals surface area contributed by atoms with Gasteiger partial charge in [-0.1, -0.05) is 6.92 Å². The Balaban J connectivity index is 1.46. The van der Waals surface area contributed by atoms with Crippen LogP contribution in [0.4, 0.5) is 11.6 Å². The van der Waals surface area contributed by atoms with Crippen LogP contribution in [-0.4, -0.2) is 75.3 Å². The Hall–Kier alpha value is -3.17. The number of likely N-dealkylation sites (tertiary alicyclic amines) is 1. The van der Waals surface area contributed by atoms with E-state index in [4.69, 9.17) is 0 Å². The summed E-state index contributed by atoms with van der Waals surface area (Å²) in [6.07, 6.45) is 2.75. The number of imidazole rings is 1. The van der Waals surface area contributed by atoms with Crippen molar-refractivity contribution in [2.45, 2.75) is 38.6 Å². The Kier molecular flexibility index (Phi) is 5.56. The molecule has 2 saturated heterocycles. The SMILES string of the molecule is CCC(C(=O)N1CCCN(c2nc3ccc([N+](=O)[O-])cc3[nH]2)CC1)N1CCCC1=O. The summed E-state index contributed by atoms with van der Waals surface area (Å²) in [5.41, 5.74) is 1.31. The lowest BCUT2D eigenvalue weighted by atomic mass is 10.1. The average Bonchev–Trinajstić information content (AvgIpc) is 3.26. The molecule has 0 bridgehead atoms. The fraction of sp³-hybridized carbons (Fsp3) is 0.550. The van der Waals surface area contributed by atoms with E-state index in [-0.39, 0.29) is 23.5 Å². The van der Waals surface area contributed by atoms with Gasteiger partial charge in [0.15, 0.2) is 0 Å². The van der Waals surface area contributed by atoms with Crippen molar-refractivity contribution in [3.05, 3.63) is 28.3 Å². The third-order valence-corrected chi connectivity index (χ3v) is 5.93. The zero-order valence-electron chi connectivity index (χ0n) is 17.0. The number of nitro groups is 1. The summed E-state index contributed by atoms with van der Waals surface area (Å²) < 4.78 is 0. The van der Waals surface area contributed by atoms with Crippen molar-refractivity contribution in [1.29, 1.82) is 0 Å². The van der Waals surface area contributed by atoms with Gasteiger partial charge in [0.25, 0.3) is 5.69 Å². The molecular formula is C20H26N6O4. The molecule has 2 fully saturated rings. The number of hydrogen-bond donors (Lipinski definition) is 1. The van der Waals surface area contributed by atoms with E-state index in [1.165, 1.54) is 12.1 Å². The molecule has 10 heteroatoms. The zero-order chi connectivity index (χ0) is 21.3. The second-order valence-corrected chi connectivity index (χ2v) is 7.80. The van der Waals surface area contributed by atoms with Gasteiger partial charge in [-0.05, 0) is 25.3 Å². The molecule has 160 valence electrons. The highest BCUT2D eigenvalue weighted by atomic mass is 16.6. The number of H-pyrrole nitrogens is 1. The number of anilines is 1. The summed E-state index contributed by atoms with van der Waals surface area (Å²) in [6.45, 7) is 5.14. The van der Waals surface area contributed by atoms with Gasteiger partial charge in [0.2, 0.25) is 17.8 Å². The number of hydrogen-bond acceptors (Lipinski definition) is 6. The Morgan fingerprint density at radius 2 is 2.07 bits per heavy atom. The summed E-state index contributed by atoms with van der Waals surface area (Å²) in [6, 6.07) is 4.19. The Labute approximate surface area is 174 Å². The number of non-ortho nitro benzene ring substituents is 1. The molecule has 2 aliphatic heterocycles. The predicted molar refractivity (Wildman–Crippen MR) is 111 cm³/mol. The van der Waals surface area contributed by atoms with Crippen LogP contribution in [0.3, 0.4) is 0 Å². The van der Waals surface area contributed by atoms with Crippen LogP contribution in [-0.2, 0) is 9.59 Å². The zero-order valence-corrected chi connectivity index (χ0v) is 17.0. The van der Waals surface area contributed by atoms with E-state index >= 15 is 0 Å². The number of rotatable bonds is 5. The largest absolute Gasteiger partial charge is 0.341 e. The van der Waals surface area contributed by atoms with Gasteiger partial charge in [0.05, 0.1) is 16.0 Å². The lowest BCUT2D eigenvalue weighted by Crippen LogP contribution is -2.49. The van der Waals surface area contributed by atoms with Crippen molar-refractivity contribution in [1.82, 2.24) is 19.8 Å². The Morgan fingerprint density at radius 3 is 2.77 bits per heavy atom. The molecule has 0 radical (unpaired) electrons. The van der Waals surface area contributed by atoms with Crippen LogP contribution in [0.25, 0.3) is 11.0 Å². The van der Waals surface area contributed by atoms with Crippen molar-refractivity contribution < 1.29 is 14.5 Å². The molecular weight excluding hydrogens is 388 g/mol. The van der Waals surface area contributed by atoms with Crippen molar-refractivity contribution in [2.24, 2.45) is 0 Å². The first-order valence-corrected chi connectivity index (χ1v) is 10.4. The first-order chi connectivity index (χ1) is 14.5. The third kappa shape index (κ3) is 3.81. The smallest absolute Gasteiger partial charge is 0.271 e. The number of benzene rings is 1. The molecule has 3 heterocycles. The third-order valence-electron chi connectivity index (χ3n) is 5.93. The highest BCUT2D eigenvalue weighted by molar-refractivity contribution is 5.88. The monoisotopic (exact) mass is 414 g/mol. The highest BCUT2D eigenvalue weighted by Crippen LogP contribution is 2.24. The topological polar surface area (TPSA) is 116 Å². The number of nitrogens with one attached hydrogen (secondary N) is 1. The lowest BCUT2D eigenvalue weighted by molar-refractivity contribution is -0.384. The molecule has 0 aliphatic carbocycles. The van der Waals surface area contributed by atoms with Crippen LogP contribution in [0.15, 0.2) is 18.2 Å². The number of aromatic amines is 1. The van der Waals surface area contributed by atoms with Gasteiger partial charge >= 0.3 is 0 Å². The minimum absolute atomic E-state index is 0.0207. The maximum atomic E-state index is 13.1. The molecule has 2 aromatic rings. The van der Waals surface area contributed by atoms with Crippen molar-refractivity contribution >= 4 is 34.5 Å². The van der Waals surface area contributed by atoms with E-state index in [2.05, 4.69) is 14.9 Å². The molecule has 1 atom stereocenters. The van der Waals surface area contributed by atoms with Gasteiger partial charge in [-0.3, -0.25) is 19.7 Å². The first kappa shape index (κ1) is 20.1. The molecule has 1 unspecified atom stereocenters. The number of nitro benzene ring substituents is 1. The summed E-state index contributed by atoms with van der Waals surface area (Å²) in [5, 5.41) is 11.0. The Morgan fingerprint density at radius 1 is 1.23 bits per heavy atom. The Bertz CT molecular complexity index is 973. The normalized spacial score (nSPS) is 18.7. The highest BCUT2D eigenvalue weighted by Gasteiger charge is 2.34. The van der Waals surface area contributed by atoms with Crippen molar-refractivity contribution in [3.63, 3.8) is 0 Å². The maximum Gasteiger partial charge on any atom is 0.271 e. The number of fused-ring (bicyclic) bond motifs is 1. The average molecular weight is 414 g/mol. The first-order valence-electron chi connectivity index (χ1n) is 10.4. The fourth-order valence-corrected chi connectivity index (χ4v) is 4.33. The van der Waals surface area contributed by atoms with E-state index < -0.39 is 4.92 Å². The van der Waals surface area contributed by atoms with Crippen LogP contribution < -0.4 is 4.90 Å².